The highest BCUT2D eigenvalue weighted by molar-refractivity contribution is 7.14. The van der Waals surface area contributed by atoms with Gasteiger partial charge in [-0.1, -0.05) is 20.3 Å². The van der Waals surface area contributed by atoms with E-state index in [0.29, 0.717) is 0 Å². The number of imidazole rings is 1. The summed E-state index contributed by atoms with van der Waals surface area (Å²) in [5, 5.41) is 0. The van der Waals surface area contributed by atoms with Gasteiger partial charge >= 0.3 is 0 Å². The number of nitrogens with one attached hydrogen (secondary N) is 1. The van der Waals surface area contributed by atoms with E-state index in [0.717, 1.165) is 55.8 Å². The first kappa shape index (κ1) is 16.2. The average Bonchev–Trinajstić information content (AvgIpc) is 3.24. The van der Waals surface area contributed by atoms with E-state index in [1.54, 1.807) is 17.5 Å². The van der Waals surface area contributed by atoms with E-state index in [1.165, 1.54) is 10.4 Å². The van der Waals surface area contributed by atoms with E-state index < -0.39 is 0 Å². The number of nitrogens with zero attached hydrogens (tertiary/aromatic N) is 2. The summed E-state index contributed by atoms with van der Waals surface area (Å²) in [4.78, 5) is 25.0. The minimum absolute atomic E-state index is 0.0908. The summed E-state index contributed by atoms with van der Waals surface area (Å²) in [6.45, 7) is 5.19. The third kappa shape index (κ3) is 3.34. The maximum absolute atomic E-state index is 13.1. The molecule has 1 amide bonds. The van der Waals surface area contributed by atoms with Crippen LogP contribution in [-0.4, -0.2) is 27.3 Å². The Morgan fingerprint density at radius 2 is 2.30 bits per heavy atom. The molecule has 5 heteroatoms. The van der Waals surface area contributed by atoms with E-state index in [4.69, 9.17) is 0 Å². The van der Waals surface area contributed by atoms with Gasteiger partial charge in [0.2, 0.25) is 0 Å². The lowest BCUT2D eigenvalue weighted by atomic mass is 10.0. The molecule has 1 fully saturated rings. The number of carbonyl (C=O) groups is 1. The lowest BCUT2D eigenvalue weighted by Crippen LogP contribution is -2.38. The number of rotatable bonds is 5. The minimum atomic E-state index is 0.0908. The molecule has 0 spiro atoms. The van der Waals surface area contributed by atoms with Crippen LogP contribution in [-0.2, 0) is 12.8 Å². The van der Waals surface area contributed by atoms with Crippen LogP contribution in [0, 0.1) is 0 Å². The van der Waals surface area contributed by atoms with E-state index >= 15 is 0 Å². The molecule has 3 heterocycles. The van der Waals surface area contributed by atoms with Gasteiger partial charge in [-0.2, -0.15) is 0 Å². The van der Waals surface area contributed by atoms with E-state index in [2.05, 4.69) is 29.9 Å². The van der Waals surface area contributed by atoms with Gasteiger partial charge in [-0.3, -0.25) is 4.79 Å². The molecule has 124 valence electrons. The second kappa shape index (κ2) is 7.30. The Bertz CT molecular complexity index is 647. The van der Waals surface area contributed by atoms with E-state index in [-0.39, 0.29) is 11.9 Å². The Kier molecular flexibility index (Phi) is 5.16. The van der Waals surface area contributed by atoms with Crippen molar-refractivity contribution in [1.29, 1.82) is 0 Å². The third-order valence-electron chi connectivity index (χ3n) is 4.56. The largest absolute Gasteiger partial charge is 0.347 e. The van der Waals surface area contributed by atoms with Crippen molar-refractivity contribution in [2.24, 2.45) is 0 Å². The molecule has 0 aliphatic carbocycles. The van der Waals surface area contributed by atoms with Gasteiger partial charge in [-0.05, 0) is 43.7 Å². The monoisotopic (exact) mass is 331 g/mol. The first-order valence-corrected chi connectivity index (χ1v) is 9.48. The number of aromatic amines is 1. The highest BCUT2D eigenvalue weighted by Crippen LogP contribution is 2.33. The lowest BCUT2D eigenvalue weighted by Gasteiger charge is -2.34. The molecule has 1 N–H and O–H groups in total. The fourth-order valence-corrected chi connectivity index (χ4v) is 4.68. The van der Waals surface area contributed by atoms with E-state index in [1.807, 2.05) is 11.1 Å². The van der Waals surface area contributed by atoms with Gasteiger partial charge in [0.1, 0.15) is 5.82 Å². The van der Waals surface area contributed by atoms with Gasteiger partial charge < -0.3 is 9.88 Å². The number of amides is 1. The van der Waals surface area contributed by atoms with Gasteiger partial charge in [-0.25, -0.2) is 4.98 Å². The summed E-state index contributed by atoms with van der Waals surface area (Å²) >= 11 is 1.69. The van der Waals surface area contributed by atoms with Crippen LogP contribution in [0.4, 0.5) is 0 Å². The molecule has 0 aromatic carbocycles. The average molecular weight is 331 g/mol. The zero-order valence-corrected chi connectivity index (χ0v) is 14.8. The van der Waals surface area contributed by atoms with Crippen molar-refractivity contribution in [3.63, 3.8) is 0 Å². The van der Waals surface area contributed by atoms with Crippen LogP contribution < -0.4 is 0 Å². The molecule has 4 nitrogen and oxygen atoms in total. The highest BCUT2D eigenvalue weighted by Gasteiger charge is 2.31. The van der Waals surface area contributed by atoms with Crippen LogP contribution in [0.3, 0.4) is 0 Å². The molecule has 0 saturated carbocycles. The Hall–Kier alpha value is -1.62. The van der Waals surface area contributed by atoms with Crippen molar-refractivity contribution in [1.82, 2.24) is 14.9 Å². The number of carbonyl (C=O) groups excluding carboxylic acids is 1. The zero-order chi connectivity index (χ0) is 16.2. The normalized spacial score (nSPS) is 18.3. The van der Waals surface area contributed by atoms with Gasteiger partial charge in [0, 0.05) is 23.8 Å². The molecule has 1 saturated heterocycles. The molecule has 2 aromatic rings. The van der Waals surface area contributed by atoms with Crippen molar-refractivity contribution >= 4 is 17.2 Å². The molecular formula is C18H25N3OS. The molecule has 0 unspecified atom stereocenters. The quantitative estimate of drug-likeness (QED) is 0.885. The van der Waals surface area contributed by atoms with Crippen molar-refractivity contribution < 1.29 is 4.79 Å². The topological polar surface area (TPSA) is 49.0 Å². The Morgan fingerprint density at radius 3 is 3.00 bits per heavy atom. The van der Waals surface area contributed by atoms with Crippen LogP contribution >= 0.6 is 11.3 Å². The maximum atomic E-state index is 13.1. The van der Waals surface area contributed by atoms with Crippen molar-refractivity contribution in [3.05, 3.63) is 39.6 Å². The number of aryl methyl sites for hydroxylation is 2. The molecule has 1 aliphatic heterocycles. The molecule has 1 aliphatic rings. The summed E-state index contributed by atoms with van der Waals surface area (Å²) in [6.07, 6.45) is 10.0. The fourth-order valence-electron chi connectivity index (χ4n) is 3.37. The van der Waals surface area contributed by atoms with Gasteiger partial charge in [0.05, 0.1) is 10.9 Å². The van der Waals surface area contributed by atoms with Crippen LogP contribution in [0.5, 0.6) is 0 Å². The van der Waals surface area contributed by atoms with Crippen molar-refractivity contribution in [3.8, 4) is 0 Å². The molecule has 0 bridgehead atoms. The van der Waals surface area contributed by atoms with Crippen LogP contribution in [0.1, 0.15) is 71.5 Å². The van der Waals surface area contributed by atoms with Gasteiger partial charge in [0.15, 0.2) is 0 Å². The lowest BCUT2D eigenvalue weighted by molar-refractivity contribution is 0.0606. The summed E-state index contributed by atoms with van der Waals surface area (Å²) in [5.74, 6) is 1.09. The minimum Gasteiger partial charge on any atom is -0.347 e. The van der Waals surface area contributed by atoms with Crippen molar-refractivity contribution in [2.45, 2.75) is 58.4 Å². The predicted octanol–water partition coefficient (Wildman–Crippen LogP) is 4.35. The number of thiophene rings is 1. The fraction of sp³-hybridized carbons (Fsp3) is 0.556. The number of aromatic nitrogens is 2. The summed E-state index contributed by atoms with van der Waals surface area (Å²) < 4.78 is 0. The second-order valence-electron chi connectivity index (χ2n) is 6.15. The van der Waals surface area contributed by atoms with Crippen molar-refractivity contribution in [2.75, 3.05) is 6.54 Å². The number of hydrogen-bond donors (Lipinski definition) is 1. The smallest absolute Gasteiger partial charge is 0.264 e. The summed E-state index contributed by atoms with van der Waals surface area (Å²) in [5.41, 5.74) is 1.34. The van der Waals surface area contributed by atoms with Crippen LogP contribution in [0.2, 0.25) is 0 Å². The second-order valence-corrected chi connectivity index (χ2v) is 7.28. The third-order valence-corrected chi connectivity index (χ3v) is 5.79. The molecule has 1 atom stereocenters. The van der Waals surface area contributed by atoms with Crippen LogP contribution in [0.15, 0.2) is 18.5 Å². The molecule has 2 aromatic heterocycles. The van der Waals surface area contributed by atoms with Crippen LogP contribution in [0.25, 0.3) is 0 Å². The maximum Gasteiger partial charge on any atom is 0.264 e. The Labute approximate surface area is 141 Å². The van der Waals surface area contributed by atoms with Gasteiger partial charge in [0.25, 0.3) is 5.91 Å². The molecule has 23 heavy (non-hydrogen) atoms. The standard InChI is InChI=1S/C18H25N3OS/c1-3-7-15-13(4-2)12-16(23-15)18(22)21-11-6-5-8-14(21)17-19-9-10-20-17/h9-10,12,14H,3-8,11H2,1-2H3,(H,19,20)/t14-/m1/s1. The number of piperidine rings is 1. The summed E-state index contributed by atoms with van der Waals surface area (Å²) in [6, 6.07) is 2.21. The molecule has 0 radical (unpaired) electrons. The first-order chi connectivity index (χ1) is 11.2. The summed E-state index contributed by atoms with van der Waals surface area (Å²) in [7, 11) is 0. The SMILES string of the molecule is CCCc1sc(C(=O)N2CCCC[C@@H]2c2ncc[nH]2)cc1CC. The van der Waals surface area contributed by atoms with E-state index in [9.17, 15) is 4.79 Å². The Balaban J connectivity index is 1.85. The predicted molar refractivity (Wildman–Crippen MR) is 93.9 cm³/mol. The zero-order valence-electron chi connectivity index (χ0n) is 14.0. The Morgan fingerprint density at radius 1 is 1.43 bits per heavy atom. The number of H-pyrrole nitrogens is 1. The first-order valence-electron chi connectivity index (χ1n) is 8.66. The number of hydrogen-bond acceptors (Lipinski definition) is 3. The highest BCUT2D eigenvalue weighted by atomic mass is 32.1. The van der Waals surface area contributed by atoms with Gasteiger partial charge in [-0.15, -0.1) is 11.3 Å². The molecule has 3 rings (SSSR count). The molecular weight excluding hydrogens is 306 g/mol. The number of likely N-dealkylation sites (tertiary alicyclic amines) is 1.